The minimum atomic E-state index is 0.0688. The number of benzene rings is 1. The van der Waals surface area contributed by atoms with Crippen LogP contribution in [0, 0.1) is 5.92 Å². The quantitative estimate of drug-likeness (QED) is 0.807. The summed E-state index contributed by atoms with van der Waals surface area (Å²) in [6.07, 6.45) is 3.54. The molecule has 4 nitrogen and oxygen atoms in total. The maximum atomic E-state index is 12.8. The van der Waals surface area contributed by atoms with Crippen LogP contribution < -0.4 is 4.74 Å². The summed E-state index contributed by atoms with van der Waals surface area (Å²) in [6, 6.07) is 5.87. The number of aryl methyl sites for hydroxylation is 1. The maximum absolute atomic E-state index is 12.8. The van der Waals surface area contributed by atoms with Gasteiger partial charge in [-0.25, -0.2) is 0 Å². The Morgan fingerprint density at radius 3 is 2.80 bits per heavy atom. The van der Waals surface area contributed by atoms with Gasteiger partial charge in [0, 0.05) is 37.9 Å². The number of Topliss-reactive ketones (excluding diaryl/α,β-unsaturated/α-hetero) is 1. The van der Waals surface area contributed by atoms with Crippen molar-refractivity contribution < 1.29 is 14.3 Å². The number of hydrogen-bond acceptors (Lipinski definition) is 3. The van der Waals surface area contributed by atoms with Gasteiger partial charge in [-0.3, -0.25) is 4.79 Å². The van der Waals surface area contributed by atoms with E-state index in [0.29, 0.717) is 13.2 Å². The molecule has 1 aromatic heterocycles. The van der Waals surface area contributed by atoms with Crippen LogP contribution in [0.15, 0.2) is 24.4 Å². The van der Waals surface area contributed by atoms with Crippen molar-refractivity contribution >= 4 is 16.7 Å². The molecule has 4 heteroatoms. The van der Waals surface area contributed by atoms with Gasteiger partial charge in [0.25, 0.3) is 0 Å². The zero-order valence-corrected chi connectivity index (χ0v) is 11.9. The van der Waals surface area contributed by atoms with Crippen LogP contribution in [0.25, 0.3) is 10.9 Å². The topological polar surface area (TPSA) is 40.5 Å². The normalized spacial score (nSPS) is 16.5. The molecule has 1 aromatic carbocycles. The summed E-state index contributed by atoms with van der Waals surface area (Å²) in [5.41, 5.74) is 1.80. The fourth-order valence-electron chi connectivity index (χ4n) is 2.95. The Labute approximate surface area is 118 Å². The average Bonchev–Trinajstić information content (AvgIpc) is 2.85. The van der Waals surface area contributed by atoms with Crippen molar-refractivity contribution in [3.8, 4) is 5.75 Å². The van der Waals surface area contributed by atoms with E-state index in [4.69, 9.17) is 9.47 Å². The van der Waals surface area contributed by atoms with Gasteiger partial charge < -0.3 is 14.0 Å². The summed E-state index contributed by atoms with van der Waals surface area (Å²) in [6.45, 7) is 1.36. The number of carbonyl (C=O) groups is 1. The van der Waals surface area contributed by atoms with Crippen LogP contribution in [0.5, 0.6) is 5.75 Å². The fourth-order valence-corrected chi connectivity index (χ4v) is 2.95. The molecule has 0 N–H and O–H groups in total. The monoisotopic (exact) mass is 273 g/mol. The molecule has 0 aliphatic carbocycles. The zero-order chi connectivity index (χ0) is 14.1. The number of fused-ring (bicyclic) bond motifs is 1. The molecule has 0 amide bonds. The van der Waals surface area contributed by atoms with Crippen molar-refractivity contribution in [2.24, 2.45) is 13.0 Å². The van der Waals surface area contributed by atoms with Gasteiger partial charge in [0.15, 0.2) is 5.78 Å². The lowest BCUT2D eigenvalue weighted by atomic mass is 9.91. The molecule has 0 unspecified atom stereocenters. The zero-order valence-electron chi connectivity index (χ0n) is 11.9. The summed E-state index contributed by atoms with van der Waals surface area (Å²) >= 11 is 0. The Morgan fingerprint density at radius 2 is 2.10 bits per heavy atom. The van der Waals surface area contributed by atoms with Crippen LogP contribution in [0.1, 0.15) is 23.2 Å². The second-order valence-electron chi connectivity index (χ2n) is 5.26. The third-order valence-corrected chi connectivity index (χ3v) is 4.05. The van der Waals surface area contributed by atoms with E-state index in [2.05, 4.69) is 0 Å². The highest BCUT2D eigenvalue weighted by atomic mass is 16.5. The van der Waals surface area contributed by atoms with E-state index in [1.54, 1.807) is 7.11 Å². The molecule has 2 heterocycles. The van der Waals surface area contributed by atoms with Crippen LogP contribution in [0.3, 0.4) is 0 Å². The third kappa shape index (κ3) is 2.10. The highest BCUT2D eigenvalue weighted by Gasteiger charge is 2.26. The summed E-state index contributed by atoms with van der Waals surface area (Å²) in [5, 5.41) is 0.925. The standard InChI is InChI=1S/C16H19NO3/c1-17-10-12(16(18)11-6-8-20-9-7-11)15-13(17)4-3-5-14(15)19-2/h3-5,10-11H,6-9H2,1-2H3. The molecule has 0 radical (unpaired) electrons. The average molecular weight is 273 g/mol. The van der Waals surface area contributed by atoms with E-state index in [-0.39, 0.29) is 11.7 Å². The Balaban J connectivity index is 2.08. The second-order valence-corrected chi connectivity index (χ2v) is 5.26. The largest absolute Gasteiger partial charge is 0.496 e. The number of methoxy groups -OCH3 is 1. The molecule has 0 spiro atoms. The van der Waals surface area contributed by atoms with Crippen LogP contribution in [0.2, 0.25) is 0 Å². The van der Waals surface area contributed by atoms with Crippen molar-refractivity contribution in [3.05, 3.63) is 30.0 Å². The Kier molecular flexibility index (Phi) is 3.49. The van der Waals surface area contributed by atoms with E-state index in [1.165, 1.54) is 0 Å². The van der Waals surface area contributed by atoms with Gasteiger partial charge >= 0.3 is 0 Å². The first-order chi connectivity index (χ1) is 9.72. The summed E-state index contributed by atoms with van der Waals surface area (Å²) in [5.74, 6) is 1.04. The maximum Gasteiger partial charge on any atom is 0.168 e. The molecule has 1 saturated heterocycles. The van der Waals surface area contributed by atoms with E-state index in [1.807, 2.05) is 36.0 Å². The number of hydrogen-bond donors (Lipinski definition) is 0. The van der Waals surface area contributed by atoms with Crippen molar-refractivity contribution in [1.29, 1.82) is 0 Å². The van der Waals surface area contributed by atoms with Crippen molar-refractivity contribution in [3.63, 3.8) is 0 Å². The molecule has 0 atom stereocenters. The summed E-state index contributed by atoms with van der Waals surface area (Å²) < 4.78 is 12.8. The Bertz CT molecular complexity index is 638. The predicted molar refractivity (Wildman–Crippen MR) is 77.3 cm³/mol. The molecule has 20 heavy (non-hydrogen) atoms. The van der Waals surface area contributed by atoms with E-state index >= 15 is 0 Å². The van der Waals surface area contributed by atoms with Gasteiger partial charge in [-0.05, 0) is 25.0 Å². The first-order valence-corrected chi connectivity index (χ1v) is 6.96. The number of carbonyl (C=O) groups excluding carboxylic acids is 1. The van der Waals surface area contributed by atoms with Crippen molar-refractivity contribution in [1.82, 2.24) is 4.57 Å². The predicted octanol–water partition coefficient (Wildman–Crippen LogP) is 2.80. The van der Waals surface area contributed by atoms with Crippen molar-refractivity contribution in [2.75, 3.05) is 20.3 Å². The Morgan fingerprint density at radius 1 is 1.35 bits per heavy atom. The first kappa shape index (κ1) is 13.2. The van der Waals surface area contributed by atoms with Gasteiger partial charge in [0.2, 0.25) is 0 Å². The Hall–Kier alpha value is -1.81. The highest BCUT2D eigenvalue weighted by Crippen LogP contribution is 2.33. The van der Waals surface area contributed by atoms with Gasteiger partial charge in [-0.1, -0.05) is 6.07 Å². The van der Waals surface area contributed by atoms with Crippen LogP contribution in [0.4, 0.5) is 0 Å². The molecule has 1 fully saturated rings. The molecular formula is C16H19NO3. The summed E-state index contributed by atoms with van der Waals surface area (Å²) in [4.78, 5) is 12.8. The molecule has 0 bridgehead atoms. The lowest BCUT2D eigenvalue weighted by Crippen LogP contribution is -2.23. The lowest BCUT2D eigenvalue weighted by Gasteiger charge is -2.20. The number of nitrogens with zero attached hydrogens (tertiary/aromatic N) is 1. The second kappa shape index (κ2) is 5.29. The SMILES string of the molecule is COc1cccc2c1c(C(=O)C1CCOCC1)cn2C. The number of ether oxygens (including phenoxy) is 2. The molecule has 1 aliphatic heterocycles. The van der Waals surface area contributed by atoms with Gasteiger partial charge in [0.05, 0.1) is 18.0 Å². The van der Waals surface area contributed by atoms with E-state index in [0.717, 1.165) is 35.1 Å². The number of rotatable bonds is 3. The van der Waals surface area contributed by atoms with Crippen LogP contribution in [-0.2, 0) is 11.8 Å². The van der Waals surface area contributed by atoms with Gasteiger partial charge in [-0.2, -0.15) is 0 Å². The molecule has 3 rings (SSSR count). The molecule has 106 valence electrons. The molecule has 2 aromatic rings. The van der Waals surface area contributed by atoms with Gasteiger partial charge in [0.1, 0.15) is 5.75 Å². The van der Waals surface area contributed by atoms with E-state index in [9.17, 15) is 4.79 Å². The van der Waals surface area contributed by atoms with Crippen LogP contribution in [-0.4, -0.2) is 30.7 Å². The van der Waals surface area contributed by atoms with Gasteiger partial charge in [-0.15, -0.1) is 0 Å². The first-order valence-electron chi connectivity index (χ1n) is 6.96. The molecule has 0 saturated carbocycles. The number of ketones is 1. The molecule has 1 aliphatic rings. The summed E-state index contributed by atoms with van der Waals surface area (Å²) in [7, 11) is 3.60. The van der Waals surface area contributed by atoms with Crippen molar-refractivity contribution in [2.45, 2.75) is 12.8 Å². The molecular weight excluding hydrogens is 254 g/mol. The number of aromatic nitrogens is 1. The van der Waals surface area contributed by atoms with Crippen LogP contribution >= 0.6 is 0 Å². The minimum Gasteiger partial charge on any atom is -0.496 e. The smallest absolute Gasteiger partial charge is 0.168 e. The fraction of sp³-hybridized carbons (Fsp3) is 0.438. The lowest BCUT2D eigenvalue weighted by molar-refractivity contribution is 0.0546. The highest BCUT2D eigenvalue weighted by molar-refractivity contribution is 6.11. The minimum absolute atomic E-state index is 0.0688. The third-order valence-electron chi connectivity index (χ3n) is 4.05. The van der Waals surface area contributed by atoms with E-state index < -0.39 is 0 Å².